The van der Waals surface area contributed by atoms with Crippen molar-refractivity contribution in [3.8, 4) is 6.07 Å². The third-order valence-electron chi connectivity index (χ3n) is 4.44. The Morgan fingerprint density at radius 3 is 2.52 bits per heavy atom. The topological polar surface area (TPSA) is 56.1 Å². The molecule has 25 heavy (non-hydrogen) atoms. The van der Waals surface area contributed by atoms with Crippen LogP contribution in [0.1, 0.15) is 24.0 Å². The average molecular weight is 354 g/mol. The third kappa shape index (κ3) is 4.52. The summed E-state index contributed by atoms with van der Waals surface area (Å²) in [5, 5.41) is 13.2. The van der Waals surface area contributed by atoms with Crippen LogP contribution in [0.25, 0.3) is 0 Å². The van der Waals surface area contributed by atoms with E-state index >= 15 is 0 Å². The fraction of sp³-hybridized carbons (Fsp3) is 0.300. The van der Waals surface area contributed by atoms with Gasteiger partial charge in [0.25, 0.3) is 0 Å². The van der Waals surface area contributed by atoms with Crippen LogP contribution in [0, 0.1) is 11.3 Å². The van der Waals surface area contributed by atoms with Crippen LogP contribution in [0.4, 0.5) is 5.69 Å². The molecule has 1 saturated heterocycles. The molecule has 0 aliphatic carbocycles. The van der Waals surface area contributed by atoms with Crippen LogP contribution < -0.4 is 5.32 Å². The number of amides is 1. The van der Waals surface area contributed by atoms with Gasteiger partial charge in [-0.05, 0) is 48.2 Å². The second-order valence-corrected chi connectivity index (χ2v) is 6.66. The average Bonchev–Trinajstić information content (AvgIpc) is 3.11. The van der Waals surface area contributed by atoms with E-state index in [4.69, 9.17) is 16.9 Å². The molecule has 0 spiro atoms. The number of carbonyl (C=O) groups is 1. The predicted molar refractivity (Wildman–Crippen MR) is 99.3 cm³/mol. The number of hydrogen-bond acceptors (Lipinski definition) is 3. The largest absolute Gasteiger partial charge is 0.381 e. The van der Waals surface area contributed by atoms with E-state index in [1.54, 1.807) is 4.90 Å². The highest BCUT2D eigenvalue weighted by Gasteiger charge is 2.28. The Balaban J connectivity index is 1.54. The number of carbonyl (C=O) groups excluding carboxylic acids is 1. The molecule has 0 unspecified atom stereocenters. The summed E-state index contributed by atoms with van der Waals surface area (Å²) in [6.07, 6.45) is 2.04. The smallest absolute Gasteiger partial charge is 0.228 e. The van der Waals surface area contributed by atoms with Gasteiger partial charge in [0, 0.05) is 23.8 Å². The Kier molecular flexibility index (Phi) is 5.57. The lowest BCUT2D eigenvalue weighted by Crippen LogP contribution is -2.35. The molecule has 3 rings (SSSR count). The van der Waals surface area contributed by atoms with Gasteiger partial charge in [0.15, 0.2) is 0 Å². The van der Waals surface area contributed by atoms with Crippen molar-refractivity contribution in [1.82, 2.24) is 4.90 Å². The van der Waals surface area contributed by atoms with Crippen LogP contribution in [-0.2, 0) is 17.8 Å². The number of anilines is 1. The Bertz CT molecular complexity index is 765. The fourth-order valence-corrected chi connectivity index (χ4v) is 3.15. The molecule has 5 heteroatoms. The van der Waals surface area contributed by atoms with Crippen molar-refractivity contribution < 1.29 is 4.79 Å². The number of benzene rings is 2. The highest BCUT2D eigenvalue weighted by molar-refractivity contribution is 6.30. The van der Waals surface area contributed by atoms with Gasteiger partial charge < -0.3 is 10.2 Å². The molecule has 1 fully saturated rings. The Hall–Kier alpha value is -2.51. The summed E-state index contributed by atoms with van der Waals surface area (Å²) in [7, 11) is 0. The highest BCUT2D eigenvalue weighted by atomic mass is 35.5. The first-order valence-electron chi connectivity index (χ1n) is 8.42. The van der Waals surface area contributed by atoms with Gasteiger partial charge in [-0.15, -0.1) is 0 Å². The summed E-state index contributed by atoms with van der Waals surface area (Å²) >= 11 is 5.88. The zero-order chi connectivity index (χ0) is 17.6. The second-order valence-electron chi connectivity index (χ2n) is 6.23. The van der Waals surface area contributed by atoms with Crippen LogP contribution in [0.15, 0.2) is 48.5 Å². The molecule has 128 valence electrons. The molecule has 0 radical (unpaired) electrons. The molecular formula is C20H20ClN3O. The number of nitrogens with zero attached hydrogens (tertiary/aromatic N) is 2. The summed E-state index contributed by atoms with van der Waals surface area (Å²) in [5.74, 6) is 0.0333. The van der Waals surface area contributed by atoms with Crippen molar-refractivity contribution in [3.05, 3.63) is 64.7 Å². The Morgan fingerprint density at radius 1 is 1.16 bits per heavy atom. The van der Waals surface area contributed by atoms with Gasteiger partial charge in [-0.25, -0.2) is 0 Å². The second kappa shape index (κ2) is 8.04. The van der Waals surface area contributed by atoms with Gasteiger partial charge in [-0.2, -0.15) is 5.26 Å². The quantitative estimate of drug-likeness (QED) is 0.883. The molecular weight excluding hydrogens is 334 g/mol. The predicted octanol–water partition coefficient (Wildman–Crippen LogP) is 4.01. The number of nitrogens with one attached hydrogen (secondary N) is 1. The van der Waals surface area contributed by atoms with E-state index in [2.05, 4.69) is 11.4 Å². The summed E-state index contributed by atoms with van der Waals surface area (Å²) in [4.78, 5) is 14.1. The molecule has 0 saturated carbocycles. The minimum atomic E-state index is -0.257. The molecule has 2 aromatic carbocycles. The van der Waals surface area contributed by atoms with Gasteiger partial charge in [0.05, 0.1) is 12.5 Å². The summed E-state index contributed by atoms with van der Waals surface area (Å²) in [5.41, 5.74) is 3.12. The maximum atomic E-state index is 12.4. The zero-order valence-electron chi connectivity index (χ0n) is 13.9. The first-order chi connectivity index (χ1) is 12.2. The number of hydrogen-bond donors (Lipinski definition) is 1. The van der Waals surface area contributed by atoms with Gasteiger partial charge in [0.2, 0.25) is 5.91 Å². The van der Waals surface area contributed by atoms with Crippen LogP contribution >= 0.6 is 11.6 Å². The lowest BCUT2D eigenvalue weighted by atomic mass is 10.1. The molecule has 1 N–H and O–H groups in total. The highest BCUT2D eigenvalue weighted by Crippen LogP contribution is 2.19. The minimum absolute atomic E-state index is 0.0333. The van der Waals surface area contributed by atoms with Crippen molar-refractivity contribution >= 4 is 23.2 Å². The first-order valence-corrected chi connectivity index (χ1v) is 8.80. The van der Waals surface area contributed by atoms with E-state index in [1.807, 2.05) is 48.5 Å². The van der Waals surface area contributed by atoms with Crippen LogP contribution in [0.2, 0.25) is 5.02 Å². The molecule has 1 aliphatic rings. The van der Waals surface area contributed by atoms with Crippen LogP contribution in [-0.4, -0.2) is 23.4 Å². The standard InChI is InChI=1S/C20H20ClN3O/c21-17-7-3-16(4-8-17)14-23-18-9-5-15(6-10-18)12-20(25)24-11-1-2-19(24)13-22/h3-10,19,23H,1-2,11-12,14H2/t19-/m0/s1. The maximum absolute atomic E-state index is 12.4. The summed E-state index contributed by atoms with van der Waals surface area (Å²) < 4.78 is 0. The Labute approximate surface area is 153 Å². The van der Waals surface area contributed by atoms with Crippen LogP contribution in [0.5, 0.6) is 0 Å². The summed E-state index contributed by atoms with van der Waals surface area (Å²) in [6, 6.07) is 17.6. The van der Waals surface area contributed by atoms with E-state index in [-0.39, 0.29) is 11.9 Å². The lowest BCUT2D eigenvalue weighted by Gasteiger charge is -2.19. The zero-order valence-corrected chi connectivity index (χ0v) is 14.7. The molecule has 1 amide bonds. The monoisotopic (exact) mass is 353 g/mol. The van der Waals surface area contributed by atoms with Crippen molar-refractivity contribution in [1.29, 1.82) is 5.26 Å². The first kappa shape index (κ1) is 17.3. The molecule has 1 heterocycles. The van der Waals surface area contributed by atoms with E-state index in [1.165, 1.54) is 0 Å². The number of rotatable bonds is 5. The number of nitriles is 1. The lowest BCUT2D eigenvalue weighted by molar-refractivity contribution is -0.130. The molecule has 1 aliphatic heterocycles. The van der Waals surface area contributed by atoms with Gasteiger partial charge in [-0.1, -0.05) is 35.9 Å². The Morgan fingerprint density at radius 2 is 1.84 bits per heavy atom. The molecule has 0 aromatic heterocycles. The van der Waals surface area contributed by atoms with Crippen molar-refractivity contribution in [3.63, 3.8) is 0 Å². The minimum Gasteiger partial charge on any atom is -0.381 e. The van der Waals surface area contributed by atoms with E-state index in [0.29, 0.717) is 19.5 Å². The fourth-order valence-electron chi connectivity index (χ4n) is 3.02. The molecule has 0 bridgehead atoms. The third-order valence-corrected chi connectivity index (χ3v) is 4.69. The van der Waals surface area contributed by atoms with Crippen LogP contribution in [0.3, 0.4) is 0 Å². The maximum Gasteiger partial charge on any atom is 0.228 e. The molecule has 2 aromatic rings. The SMILES string of the molecule is N#C[C@@H]1CCCN1C(=O)Cc1ccc(NCc2ccc(Cl)cc2)cc1. The van der Waals surface area contributed by atoms with Gasteiger partial charge in [0.1, 0.15) is 6.04 Å². The van der Waals surface area contributed by atoms with Gasteiger partial charge in [-0.3, -0.25) is 4.79 Å². The van der Waals surface area contributed by atoms with Gasteiger partial charge >= 0.3 is 0 Å². The van der Waals surface area contributed by atoms with E-state index in [0.717, 1.165) is 34.7 Å². The van der Waals surface area contributed by atoms with Crippen molar-refractivity contribution in [2.24, 2.45) is 0 Å². The van der Waals surface area contributed by atoms with Crippen molar-refractivity contribution in [2.45, 2.75) is 31.8 Å². The number of halogens is 1. The molecule has 4 nitrogen and oxygen atoms in total. The van der Waals surface area contributed by atoms with Crippen molar-refractivity contribution in [2.75, 3.05) is 11.9 Å². The van der Waals surface area contributed by atoms with E-state index < -0.39 is 0 Å². The normalized spacial score (nSPS) is 16.5. The summed E-state index contributed by atoms with van der Waals surface area (Å²) in [6.45, 7) is 1.41. The van der Waals surface area contributed by atoms with E-state index in [9.17, 15) is 4.79 Å². The number of likely N-dealkylation sites (tertiary alicyclic amines) is 1. The molecule has 1 atom stereocenters.